The maximum absolute atomic E-state index is 12.1. The minimum atomic E-state index is -3.43. The van der Waals surface area contributed by atoms with Gasteiger partial charge in [-0.2, -0.15) is 0 Å². The van der Waals surface area contributed by atoms with Crippen LogP contribution in [0, 0.1) is 5.92 Å². The molecule has 120 valence electrons. The number of thiophene rings is 1. The molecular weight excluding hydrogens is 324 g/mol. The zero-order valence-corrected chi connectivity index (χ0v) is 15.0. The zero-order valence-electron chi connectivity index (χ0n) is 12.6. The van der Waals surface area contributed by atoms with E-state index in [0.717, 1.165) is 36.5 Å². The lowest BCUT2D eigenvalue weighted by atomic mass is 10.0. The fourth-order valence-corrected chi connectivity index (χ4v) is 4.38. The van der Waals surface area contributed by atoms with Gasteiger partial charge in [0.15, 0.2) is 0 Å². The molecule has 0 aliphatic rings. The lowest BCUT2D eigenvalue weighted by Gasteiger charge is -2.06. The normalized spacial score (nSPS) is 12.0. The molecule has 7 heteroatoms. The minimum Gasteiger partial charge on any atom is -0.389 e. The SMILES string of the molecule is CC(C)CCCCCCNS(=O)(=O)c1ccc(C(N)=S)s1. The second-order valence-electron chi connectivity index (χ2n) is 5.48. The molecule has 1 aromatic heterocycles. The van der Waals surface area contributed by atoms with Crippen LogP contribution >= 0.6 is 23.6 Å². The van der Waals surface area contributed by atoms with Gasteiger partial charge in [-0.25, -0.2) is 13.1 Å². The summed E-state index contributed by atoms with van der Waals surface area (Å²) in [7, 11) is -3.43. The van der Waals surface area contributed by atoms with Gasteiger partial charge in [0.1, 0.15) is 9.20 Å². The summed E-state index contributed by atoms with van der Waals surface area (Å²) in [4.78, 5) is 0.852. The molecule has 0 aliphatic heterocycles. The first-order chi connectivity index (χ1) is 9.83. The van der Waals surface area contributed by atoms with E-state index in [4.69, 9.17) is 18.0 Å². The summed E-state index contributed by atoms with van der Waals surface area (Å²) in [6, 6.07) is 3.19. The van der Waals surface area contributed by atoms with Crippen molar-refractivity contribution in [2.24, 2.45) is 11.7 Å². The fraction of sp³-hybridized carbons (Fsp3) is 0.643. The second kappa shape index (κ2) is 8.82. The van der Waals surface area contributed by atoms with E-state index in [1.54, 1.807) is 12.1 Å². The van der Waals surface area contributed by atoms with Gasteiger partial charge in [0, 0.05) is 6.54 Å². The minimum absolute atomic E-state index is 0.228. The standard InChI is InChI=1S/C14H24N2O2S3/c1-11(2)7-5-3-4-6-10-16-21(17,18)13-9-8-12(20-13)14(15)19/h8-9,11,16H,3-7,10H2,1-2H3,(H2,15,19). The van der Waals surface area contributed by atoms with Crippen LogP contribution in [0.1, 0.15) is 50.8 Å². The maximum Gasteiger partial charge on any atom is 0.250 e. The molecule has 0 fully saturated rings. The molecular formula is C14H24N2O2S3. The average molecular weight is 349 g/mol. The van der Waals surface area contributed by atoms with Crippen molar-refractivity contribution in [3.05, 3.63) is 17.0 Å². The van der Waals surface area contributed by atoms with Crippen LogP contribution in [0.25, 0.3) is 0 Å². The third-order valence-corrected chi connectivity index (χ3v) is 6.51. The molecule has 1 aromatic rings. The van der Waals surface area contributed by atoms with Crippen molar-refractivity contribution < 1.29 is 8.42 Å². The average Bonchev–Trinajstić information content (AvgIpc) is 2.87. The lowest BCUT2D eigenvalue weighted by molar-refractivity contribution is 0.517. The number of hydrogen-bond donors (Lipinski definition) is 2. The van der Waals surface area contributed by atoms with Crippen molar-refractivity contribution in [2.75, 3.05) is 6.54 Å². The number of rotatable bonds is 10. The third kappa shape index (κ3) is 6.86. The van der Waals surface area contributed by atoms with Crippen LogP contribution in [0.5, 0.6) is 0 Å². The first kappa shape index (κ1) is 18.5. The molecule has 4 nitrogen and oxygen atoms in total. The van der Waals surface area contributed by atoms with Crippen LogP contribution in [0.4, 0.5) is 0 Å². The van der Waals surface area contributed by atoms with Crippen molar-refractivity contribution in [2.45, 2.75) is 50.2 Å². The number of sulfonamides is 1. The Labute approximate surface area is 137 Å². The summed E-state index contributed by atoms with van der Waals surface area (Å²) < 4.78 is 27.0. The summed E-state index contributed by atoms with van der Waals surface area (Å²) in [5.41, 5.74) is 5.49. The summed E-state index contributed by atoms with van der Waals surface area (Å²) >= 11 is 5.94. The topological polar surface area (TPSA) is 72.2 Å². The van der Waals surface area contributed by atoms with Gasteiger partial charge in [-0.15, -0.1) is 11.3 Å². The van der Waals surface area contributed by atoms with Crippen LogP contribution in [0.2, 0.25) is 0 Å². The molecule has 21 heavy (non-hydrogen) atoms. The molecule has 0 unspecified atom stereocenters. The molecule has 0 amide bonds. The Hall–Kier alpha value is -0.500. The first-order valence-corrected chi connectivity index (χ1v) is 9.93. The van der Waals surface area contributed by atoms with Gasteiger partial charge in [0.2, 0.25) is 10.0 Å². The van der Waals surface area contributed by atoms with E-state index in [0.29, 0.717) is 11.4 Å². The highest BCUT2D eigenvalue weighted by molar-refractivity contribution is 7.91. The Morgan fingerprint density at radius 1 is 1.29 bits per heavy atom. The number of nitrogens with two attached hydrogens (primary N) is 1. The van der Waals surface area contributed by atoms with E-state index in [1.165, 1.54) is 12.8 Å². The van der Waals surface area contributed by atoms with Crippen molar-refractivity contribution in [3.8, 4) is 0 Å². The Bertz CT molecular complexity index is 550. The highest BCUT2D eigenvalue weighted by Gasteiger charge is 2.16. The molecule has 0 atom stereocenters. The summed E-state index contributed by atoms with van der Waals surface area (Å²) in [6.07, 6.45) is 5.53. The Kier molecular flexibility index (Phi) is 7.79. The summed E-state index contributed by atoms with van der Waals surface area (Å²) in [5.74, 6) is 0.741. The molecule has 0 saturated carbocycles. The summed E-state index contributed by atoms with van der Waals surface area (Å²) in [5, 5.41) is 0. The van der Waals surface area contributed by atoms with E-state index in [2.05, 4.69) is 18.6 Å². The van der Waals surface area contributed by atoms with Crippen LogP contribution in [0.3, 0.4) is 0 Å². The highest BCUT2D eigenvalue weighted by atomic mass is 32.2. The first-order valence-electron chi connectivity index (χ1n) is 7.22. The molecule has 0 spiro atoms. The molecule has 0 saturated heterocycles. The molecule has 1 heterocycles. The van der Waals surface area contributed by atoms with Gasteiger partial charge < -0.3 is 5.73 Å². The Balaban J connectivity index is 2.31. The monoisotopic (exact) mass is 348 g/mol. The van der Waals surface area contributed by atoms with Gasteiger partial charge in [-0.05, 0) is 24.5 Å². The quantitative estimate of drug-likeness (QED) is 0.503. The number of unbranched alkanes of at least 4 members (excludes halogenated alkanes) is 3. The highest BCUT2D eigenvalue weighted by Crippen LogP contribution is 2.21. The predicted octanol–water partition coefficient (Wildman–Crippen LogP) is 3.27. The number of nitrogens with one attached hydrogen (secondary N) is 1. The lowest BCUT2D eigenvalue weighted by Crippen LogP contribution is -2.24. The van der Waals surface area contributed by atoms with Gasteiger partial charge in [-0.3, -0.25) is 0 Å². The molecule has 0 bridgehead atoms. The molecule has 0 radical (unpaired) electrons. The molecule has 0 aromatic carbocycles. The van der Waals surface area contributed by atoms with Crippen molar-refractivity contribution in [3.63, 3.8) is 0 Å². The zero-order chi connectivity index (χ0) is 15.9. The van der Waals surface area contributed by atoms with Crippen molar-refractivity contribution >= 4 is 38.6 Å². The smallest absolute Gasteiger partial charge is 0.250 e. The van der Waals surface area contributed by atoms with E-state index in [-0.39, 0.29) is 9.20 Å². The number of thiocarbonyl (C=S) groups is 1. The summed E-state index contributed by atoms with van der Waals surface area (Å²) in [6.45, 7) is 4.91. The maximum atomic E-state index is 12.1. The van der Waals surface area contributed by atoms with E-state index in [1.807, 2.05) is 0 Å². The van der Waals surface area contributed by atoms with Crippen LogP contribution < -0.4 is 10.5 Å². The van der Waals surface area contributed by atoms with Gasteiger partial charge in [0.05, 0.1) is 4.88 Å². The van der Waals surface area contributed by atoms with Crippen LogP contribution in [0.15, 0.2) is 16.3 Å². The van der Waals surface area contributed by atoms with E-state index < -0.39 is 10.0 Å². The molecule has 3 N–H and O–H groups in total. The Morgan fingerprint density at radius 3 is 2.52 bits per heavy atom. The van der Waals surface area contributed by atoms with Crippen molar-refractivity contribution in [1.29, 1.82) is 0 Å². The fourth-order valence-electron chi connectivity index (χ4n) is 1.91. The predicted molar refractivity (Wildman–Crippen MR) is 93.3 cm³/mol. The molecule has 1 rings (SSSR count). The van der Waals surface area contributed by atoms with Crippen molar-refractivity contribution in [1.82, 2.24) is 4.72 Å². The molecule has 0 aliphatic carbocycles. The van der Waals surface area contributed by atoms with E-state index in [9.17, 15) is 8.42 Å². The van der Waals surface area contributed by atoms with Gasteiger partial charge >= 0.3 is 0 Å². The van der Waals surface area contributed by atoms with E-state index >= 15 is 0 Å². The van der Waals surface area contributed by atoms with Crippen LogP contribution in [-0.4, -0.2) is 20.0 Å². The largest absolute Gasteiger partial charge is 0.389 e. The number of hydrogen-bond acceptors (Lipinski definition) is 4. The Morgan fingerprint density at radius 2 is 1.95 bits per heavy atom. The van der Waals surface area contributed by atoms with Crippen LogP contribution in [-0.2, 0) is 10.0 Å². The second-order valence-corrected chi connectivity index (χ2v) is 8.99. The third-order valence-electron chi connectivity index (χ3n) is 3.09. The van der Waals surface area contributed by atoms with Gasteiger partial charge in [-0.1, -0.05) is 51.7 Å². The van der Waals surface area contributed by atoms with Gasteiger partial charge in [0.25, 0.3) is 0 Å².